The van der Waals surface area contributed by atoms with Crippen molar-refractivity contribution in [3.05, 3.63) is 29.6 Å². The molecule has 0 unspecified atom stereocenters. The molecule has 1 heterocycles. The molecular weight excluding hydrogens is 178 g/mol. The lowest BCUT2D eigenvalue weighted by molar-refractivity contribution is 0.0977. The van der Waals surface area contributed by atoms with E-state index in [9.17, 15) is 13.6 Å². The highest BCUT2D eigenvalue weighted by atomic mass is 19.1. The van der Waals surface area contributed by atoms with E-state index < -0.39 is 23.0 Å². The quantitative estimate of drug-likeness (QED) is 0.713. The van der Waals surface area contributed by atoms with E-state index in [-0.39, 0.29) is 13.0 Å². The highest BCUT2D eigenvalue weighted by Crippen LogP contribution is 2.11. The van der Waals surface area contributed by atoms with Crippen molar-refractivity contribution in [3.63, 3.8) is 0 Å². The van der Waals surface area contributed by atoms with Gasteiger partial charge < -0.3 is 5.73 Å². The fourth-order valence-corrected chi connectivity index (χ4v) is 0.934. The first-order valence-electron chi connectivity index (χ1n) is 3.69. The van der Waals surface area contributed by atoms with Crippen LogP contribution in [0.2, 0.25) is 0 Å². The average Bonchev–Trinajstić information content (AvgIpc) is 2.04. The molecule has 5 heteroatoms. The third-order valence-electron chi connectivity index (χ3n) is 1.50. The second kappa shape index (κ2) is 4.04. The lowest BCUT2D eigenvalue weighted by Gasteiger charge is -2.01. The molecule has 2 N–H and O–H groups in total. The largest absolute Gasteiger partial charge is 0.330 e. The van der Waals surface area contributed by atoms with Crippen molar-refractivity contribution in [1.29, 1.82) is 0 Å². The summed E-state index contributed by atoms with van der Waals surface area (Å²) >= 11 is 0. The first-order chi connectivity index (χ1) is 6.16. The predicted molar refractivity (Wildman–Crippen MR) is 42.2 cm³/mol. The maximum Gasteiger partial charge on any atom is 0.170 e. The molecule has 0 aromatic carbocycles. The second-order valence-corrected chi connectivity index (χ2v) is 2.44. The molecule has 0 amide bonds. The number of hydrogen-bond acceptors (Lipinski definition) is 3. The van der Waals surface area contributed by atoms with Gasteiger partial charge in [0.2, 0.25) is 0 Å². The molecule has 13 heavy (non-hydrogen) atoms. The van der Waals surface area contributed by atoms with E-state index in [1.54, 1.807) is 0 Å². The third kappa shape index (κ3) is 2.06. The van der Waals surface area contributed by atoms with Gasteiger partial charge in [0.15, 0.2) is 17.4 Å². The molecule has 0 saturated heterocycles. The first-order valence-corrected chi connectivity index (χ1v) is 3.69. The van der Waals surface area contributed by atoms with Gasteiger partial charge in [0.1, 0.15) is 0 Å². The maximum absolute atomic E-state index is 12.9. The molecule has 0 bridgehead atoms. The Morgan fingerprint density at radius 3 is 2.38 bits per heavy atom. The number of aromatic nitrogens is 1. The minimum absolute atomic E-state index is 0.0695. The summed E-state index contributed by atoms with van der Waals surface area (Å²) < 4.78 is 25.7. The summed E-state index contributed by atoms with van der Waals surface area (Å²) in [6.45, 7) is 0.0695. The van der Waals surface area contributed by atoms with Gasteiger partial charge in [-0.05, 0) is 6.54 Å². The van der Waals surface area contributed by atoms with E-state index in [0.717, 1.165) is 12.4 Å². The van der Waals surface area contributed by atoms with Crippen LogP contribution in [0.15, 0.2) is 12.4 Å². The van der Waals surface area contributed by atoms with Crippen LogP contribution in [0.1, 0.15) is 16.8 Å². The van der Waals surface area contributed by atoms with Crippen LogP contribution in [0.4, 0.5) is 8.78 Å². The van der Waals surface area contributed by atoms with Gasteiger partial charge in [0.25, 0.3) is 0 Å². The molecule has 0 saturated carbocycles. The molecular formula is C8H8F2N2O. The van der Waals surface area contributed by atoms with E-state index in [0.29, 0.717) is 0 Å². The highest BCUT2D eigenvalue weighted by molar-refractivity contribution is 5.96. The summed E-state index contributed by atoms with van der Waals surface area (Å²) in [6.07, 6.45) is 1.53. The third-order valence-corrected chi connectivity index (χ3v) is 1.50. The van der Waals surface area contributed by atoms with Gasteiger partial charge in [-0.3, -0.25) is 9.78 Å². The van der Waals surface area contributed by atoms with Crippen molar-refractivity contribution < 1.29 is 13.6 Å². The molecule has 0 atom stereocenters. The van der Waals surface area contributed by atoms with Crippen LogP contribution in [-0.2, 0) is 0 Å². The lowest BCUT2D eigenvalue weighted by Crippen LogP contribution is -2.12. The van der Waals surface area contributed by atoms with Crippen LogP contribution < -0.4 is 5.73 Å². The summed E-state index contributed by atoms with van der Waals surface area (Å²) in [7, 11) is 0. The van der Waals surface area contributed by atoms with Gasteiger partial charge >= 0.3 is 0 Å². The number of nitrogens with zero attached hydrogens (tertiary/aromatic N) is 1. The molecule has 3 nitrogen and oxygen atoms in total. The molecule has 0 radical (unpaired) electrons. The van der Waals surface area contributed by atoms with Crippen LogP contribution in [0.25, 0.3) is 0 Å². The minimum atomic E-state index is -0.946. The Labute approximate surface area is 73.6 Å². The van der Waals surface area contributed by atoms with Crippen LogP contribution in [0.3, 0.4) is 0 Å². The van der Waals surface area contributed by atoms with E-state index in [4.69, 9.17) is 5.73 Å². The molecule has 70 valence electrons. The molecule has 0 aliphatic rings. The second-order valence-electron chi connectivity index (χ2n) is 2.44. The van der Waals surface area contributed by atoms with E-state index in [1.165, 1.54) is 0 Å². The Hall–Kier alpha value is -1.36. The number of carbonyl (C=O) groups excluding carboxylic acids is 1. The molecule has 1 aromatic heterocycles. The Morgan fingerprint density at radius 1 is 1.38 bits per heavy atom. The van der Waals surface area contributed by atoms with Crippen molar-refractivity contribution in [3.8, 4) is 0 Å². The van der Waals surface area contributed by atoms with Gasteiger partial charge in [0.05, 0.1) is 18.0 Å². The summed E-state index contributed by atoms with van der Waals surface area (Å²) in [5, 5.41) is 0. The van der Waals surface area contributed by atoms with Crippen LogP contribution >= 0.6 is 0 Å². The SMILES string of the molecule is NCCC(=O)c1c(F)cncc1F. The molecule has 1 aromatic rings. The average molecular weight is 186 g/mol. The Bertz CT molecular complexity index is 308. The number of hydrogen-bond donors (Lipinski definition) is 1. The topological polar surface area (TPSA) is 56.0 Å². The summed E-state index contributed by atoms with van der Waals surface area (Å²) in [4.78, 5) is 14.4. The maximum atomic E-state index is 12.9. The Balaban J connectivity index is 3.05. The summed E-state index contributed by atoms with van der Waals surface area (Å²) in [5.74, 6) is -2.53. The van der Waals surface area contributed by atoms with Crippen LogP contribution in [0, 0.1) is 11.6 Å². The summed E-state index contributed by atoms with van der Waals surface area (Å²) in [6, 6.07) is 0. The fraction of sp³-hybridized carbons (Fsp3) is 0.250. The highest BCUT2D eigenvalue weighted by Gasteiger charge is 2.16. The van der Waals surface area contributed by atoms with Crippen molar-refractivity contribution in [2.24, 2.45) is 5.73 Å². The van der Waals surface area contributed by atoms with Gasteiger partial charge in [-0.1, -0.05) is 0 Å². The van der Waals surface area contributed by atoms with Gasteiger partial charge in [0, 0.05) is 6.42 Å². The zero-order valence-corrected chi connectivity index (χ0v) is 6.76. The summed E-state index contributed by atoms with van der Waals surface area (Å²) in [5.41, 5.74) is 4.53. The zero-order chi connectivity index (χ0) is 9.84. The zero-order valence-electron chi connectivity index (χ0n) is 6.76. The molecule has 0 spiro atoms. The Kier molecular flexibility index (Phi) is 3.02. The van der Waals surface area contributed by atoms with Crippen molar-refractivity contribution in [2.75, 3.05) is 6.54 Å². The standard InChI is InChI=1S/C8H8F2N2O/c9-5-3-12-4-6(10)8(5)7(13)1-2-11/h3-4H,1-2,11H2. The van der Waals surface area contributed by atoms with E-state index >= 15 is 0 Å². The van der Waals surface area contributed by atoms with E-state index in [1.807, 2.05) is 0 Å². The number of halogens is 2. The van der Waals surface area contributed by atoms with Crippen molar-refractivity contribution >= 4 is 5.78 Å². The fourth-order valence-electron chi connectivity index (χ4n) is 0.934. The lowest BCUT2D eigenvalue weighted by atomic mass is 10.1. The molecule has 1 rings (SSSR count). The number of ketones is 1. The van der Waals surface area contributed by atoms with Gasteiger partial charge in [-0.15, -0.1) is 0 Å². The van der Waals surface area contributed by atoms with Gasteiger partial charge in [-0.25, -0.2) is 8.78 Å². The first kappa shape index (κ1) is 9.73. The van der Waals surface area contributed by atoms with E-state index in [2.05, 4.69) is 4.98 Å². The smallest absolute Gasteiger partial charge is 0.170 e. The number of rotatable bonds is 3. The Morgan fingerprint density at radius 2 is 1.92 bits per heavy atom. The number of pyridine rings is 1. The predicted octanol–water partition coefficient (Wildman–Crippen LogP) is 0.891. The van der Waals surface area contributed by atoms with Crippen molar-refractivity contribution in [2.45, 2.75) is 6.42 Å². The number of carbonyl (C=O) groups is 1. The monoisotopic (exact) mass is 186 g/mol. The van der Waals surface area contributed by atoms with Gasteiger partial charge in [-0.2, -0.15) is 0 Å². The molecule has 0 fully saturated rings. The molecule has 0 aliphatic heterocycles. The number of nitrogens with two attached hydrogens (primary N) is 1. The van der Waals surface area contributed by atoms with Crippen molar-refractivity contribution in [1.82, 2.24) is 4.98 Å². The number of Topliss-reactive ketones (excluding diaryl/α,β-unsaturated/α-hetero) is 1. The molecule has 0 aliphatic carbocycles. The van der Waals surface area contributed by atoms with Crippen LogP contribution in [0.5, 0.6) is 0 Å². The van der Waals surface area contributed by atoms with Crippen LogP contribution in [-0.4, -0.2) is 17.3 Å². The normalized spacial score (nSPS) is 10.1. The minimum Gasteiger partial charge on any atom is -0.330 e.